The Morgan fingerprint density at radius 3 is 2.81 bits per heavy atom. The van der Waals surface area contributed by atoms with Crippen molar-refractivity contribution in [3.05, 3.63) is 53.0 Å². The zero-order valence-corrected chi connectivity index (χ0v) is 17.4. The van der Waals surface area contributed by atoms with Crippen LogP contribution in [0.1, 0.15) is 26.2 Å². The molecule has 7 nitrogen and oxygen atoms in total. The lowest BCUT2D eigenvalue weighted by Gasteiger charge is -2.30. The molecule has 1 fully saturated rings. The SMILES string of the molecule is C=C1C[C@@H](CCS(=O)(=O)c2nnnn2-c2ccccc2)O[C@@H](/C=C(\C)Br)C1. The van der Waals surface area contributed by atoms with Gasteiger partial charge in [0.1, 0.15) is 0 Å². The van der Waals surface area contributed by atoms with Crippen molar-refractivity contribution in [2.24, 2.45) is 0 Å². The Morgan fingerprint density at radius 2 is 2.11 bits per heavy atom. The van der Waals surface area contributed by atoms with Gasteiger partial charge in [-0.2, -0.15) is 4.68 Å². The second kappa shape index (κ2) is 8.45. The van der Waals surface area contributed by atoms with E-state index in [9.17, 15) is 8.42 Å². The molecule has 9 heteroatoms. The summed E-state index contributed by atoms with van der Waals surface area (Å²) in [4.78, 5) is 0. The zero-order valence-electron chi connectivity index (χ0n) is 15.0. The van der Waals surface area contributed by atoms with Crippen LogP contribution in [0, 0.1) is 0 Å². The van der Waals surface area contributed by atoms with E-state index in [1.807, 2.05) is 19.1 Å². The molecule has 2 aromatic rings. The molecule has 0 amide bonds. The van der Waals surface area contributed by atoms with E-state index in [1.165, 1.54) is 4.68 Å². The Kier molecular flexibility index (Phi) is 6.23. The average Bonchev–Trinajstić information content (AvgIpc) is 3.11. The van der Waals surface area contributed by atoms with Gasteiger partial charge in [0.15, 0.2) is 0 Å². The van der Waals surface area contributed by atoms with E-state index in [0.29, 0.717) is 18.5 Å². The maximum absolute atomic E-state index is 12.8. The Labute approximate surface area is 167 Å². The van der Waals surface area contributed by atoms with Crippen molar-refractivity contribution in [3.8, 4) is 5.69 Å². The number of halogens is 1. The summed E-state index contributed by atoms with van der Waals surface area (Å²) in [6.07, 6.45) is 3.45. The molecule has 1 aliphatic heterocycles. The van der Waals surface area contributed by atoms with Gasteiger partial charge in [0.05, 0.1) is 23.6 Å². The highest BCUT2D eigenvalue weighted by Gasteiger charge is 2.28. The number of hydrogen-bond donors (Lipinski definition) is 0. The number of benzene rings is 1. The number of ether oxygens (including phenoxy) is 1. The van der Waals surface area contributed by atoms with Crippen LogP contribution in [0.3, 0.4) is 0 Å². The van der Waals surface area contributed by atoms with Crippen molar-refractivity contribution in [2.45, 2.75) is 43.6 Å². The normalized spacial score (nSPS) is 21.4. The van der Waals surface area contributed by atoms with Gasteiger partial charge < -0.3 is 4.74 Å². The van der Waals surface area contributed by atoms with Gasteiger partial charge in [0.2, 0.25) is 9.84 Å². The van der Waals surface area contributed by atoms with Gasteiger partial charge in [-0.3, -0.25) is 0 Å². The molecular weight excluding hydrogens is 432 g/mol. The summed E-state index contributed by atoms with van der Waals surface area (Å²) in [6, 6.07) is 8.95. The molecule has 2 atom stereocenters. The number of sulfone groups is 1. The lowest BCUT2D eigenvalue weighted by atomic mass is 9.98. The zero-order chi connectivity index (χ0) is 19.4. The van der Waals surface area contributed by atoms with E-state index in [1.54, 1.807) is 24.3 Å². The molecule has 1 aromatic heterocycles. The smallest absolute Gasteiger partial charge is 0.272 e. The molecule has 27 heavy (non-hydrogen) atoms. The number of tetrazole rings is 1. The molecule has 0 saturated carbocycles. The Balaban J connectivity index is 1.72. The Bertz CT molecular complexity index is 937. The van der Waals surface area contributed by atoms with E-state index in [0.717, 1.165) is 16.5 Å². The van der Waals surface area contributed by atoms with Gasteiger partial charge in [0, 0.05) is 0 Å². The lowest BCUT2D eigenvalue weighted by Crippen LogP contribution is -2.29. The highest BCUT2D eigenvalue weighted by atomic mass is 79.9. The number of allylic oxidation sites excluding steroid dienone is 1. The topological polar surface area (TPSA) is 87.0 Å². The van der Waals surface area contributed by atoms with Crippen LogP contribution in [0.5, 0.6) is 0 Å². The van der Waals surface area contributed by atoms with Crippen molar-refractivity contribution >= 4 is 25.8 Å². The van der Waals surface area contributed by atoms with Crippen molar-refractivity contribution < 1.29 is 13.2 Å². The number of para-hydroxylation sites is 1. The summed E-state index contributed by atoms with van der Waals surface area (Å²) in [5.74, 6) is -0.0954. The van der Waals surface area contributed by atoms with Crippen LogP contribution in [0.25, 0.3) is 5.69 Å². The summed E-state index contributed by atoms with van der Waals surface area (Å²) >= 11 is 3.41. The van der Waals surface area contributed by atoms with Crippen molar-refractivity contribution in [3.63, 3.8) is 0 Å². The van der Waals surface area contributed by atoms with Crippen molar-refractivity contribution in [2.75, 3.05) is 5.75 Å². The standard InChI is InChI=1S/C18H21BrN4O3S/c1-13-10-16(26-17(11-13)12-14(2)19)8-9-27(24,25)18-20-21-22-23(18)15-6-4-3-5-7-15/h3-7,12,16-17H,1,8-11H2,2H3/b14-12+/t16-,17-/m1/s1. The molecule has 0 radical (unpaired) electrons. The third-order valence-electron chi connectivity index (χ3n) is 4.22. The van der Waals surface area contributed by atoms with E-state index in [-0.39, 0.29) is 23.1 Å². The summed E-state index contributed by atoms with van der Waals surface area (Å²) in [7, 11) is -3.66. The number of rotatable bonds is 6. The van der Waals surface area contributed by atoms with Gasteiger partial charge >= 0.3 is 0 Å². The van der Waals surface area contributed by atoms with Gasteiger partial charge in [-0.05, 0) is 59.3 Å². The van der Waals surface area contributed by atoms with Crippen LogP contribution in [-0.4, -0.2) is 46.6 Å². The second-order valence-corrected chi connectivity index (χ2v) is 9.78. The van der Waals surface area contributed by atoms with E-state index >= 15 is 0 Å². The minimum absolute atomic E-state index is 0.0898. The first-order valence-electron chi connectivity index (χ1n) is 8.58. The van der Waals surface area contributed by atoms with Crippen molar-refractivity contribution in [1.82, 2.24) is 20.2 Å². The maximum atomic E-state index is 12.8. The van der Waals surface area contributed by atoms with Crippen LogP contribution in [0.15, 0.2) is 58.2 Å². The molecule has 0 N–H and O–H groups in total. The molecule has 1 aromatic carbocycles. The number of aromatic nitrogens is 4. The van der Waals surface area contributed by atoms with E-state index in [2.05, 4.69) is 38.0 Å². The molecule has 3 rings (SSSR count). The first-order valence-corrected chi connectivity index (χ1v) is 11.0. The van der Waals surface area contributed by atoms with Gasteiger partial charge in [-0.25, -0.2) is 8.42 Å². The fourth-order valence-corrected chi connectivity index (χ4v) is 4.66. The predicted octanol–water partition coefficient (Wildman–Crippen LogP) is 3.23. The second-order valence-electron chi connectivity index (χ2n) is 6.52. The largest absolute Gasteiger partial charge is 0.370 e. The Hall–Kier alpha value is -1.84. The molecule has 1 aliphatic rings. The molecule has 2 heterocycles. The number of nitrogens with zero attached hydrogens (tertiary/aromatic N) is 4. The van der Waals surface area contributed by atoms with Crippen LogP contribution in [0.4, 0.5) is 0 Å². The average molecular weight is 453 g/mol. The monoisotopic (exact) mass is 452 g/mol. The summed E-state index contributed by atoms with van der Waals surface area (Å²) in [5, 5.41) is 10.9. The molecule has 0 spiro atoms. The van der Waals surface area contributed by atoms with Gasteiger partial charge in [-0.15, -0.1) is 0 Å². The summed E-state index contributed by atoms with van der Waals surface area (Å²) < 4.78 is 33.9. The van der Waals surface area contributed by atoms with E-state index in [4.69, 9.17) is 4.74 Å². The minimum Gasteiger partial charge on any atom is -0.370 e. The van der Waals surface area contributed by atoms with Crippen molar-refractivity contribution in [1.29, 1.82) is 0 Å². The highest BCUT2D eigenvalue weighted by Crippen LogP contribution is 2.28. The van der Waals surface area contributed by atoms with Crippen LogP contribution in [-0.2, 0) is 14.6 Å². The minimum atomic E-state index is -3.66. The predicted molar refractivity (Wildman–Crippen MR) is 106 cm³/mol. The molecule has 0 aliphatic carbocycles. The molecule has 0 bridgehead atoms. The molecular formula is C18H21BrN4O3S. The van der Waals surface area contributed by atoms with Crippen LogP contribution in [0.2, 0.25) is 0 Å². The summed E-state index contributed by atoms with van der Waals surface area (Å²) in [6.45, 7) is 5.99. The molecule has 1 saturated heterocycles. The maximum Gasteiger partial charge on any atom is 0.272 e. The quantitative estimate of drug-likeness (QED) is 0.625. The third-order valence-corrected chi connectivity index (χ3v) is 6.07. The molecule has 144 valence electrons. The van der Waals surface area contributed by atoms with E-state index < -0.39 is 9.84 Å². The fourth-order valence-electron chi connectivity index (χ4n) is 3.04. The van der Waals surface area contributed by atoms with Crippen LogP contribution >= 0.6 is 15.9 Å². The highest BCUT2D eigenvalue weighted by molar-refractivity contribution is 9.11. The first-order chi connectivity index (χ1) is 12.8. The third kappa shape index (κ3) is 5.12. The fraction of sp³-hybridized carbons (Fsp3) is 0.389. The first kappa shape index (κ1) is 19.9. The van der Waals surface area contributed by atoms with Gasteiger partial charge in [-0.1, -0.05) is 51.4 Å². The summed E-state index contributed by atoms with van der Waals surface area (Å²) in [5.41, 5.74) is 1.66. The number of hydrogen-bond acceptors (Lipinski definition) is 6. The van der Waals surface area contributed by atoms with Gasteiger partial charge in [0.25, 0.3) is 5.16 Å². The lowest BCUT2D eigenvalue weighted by molar-refractivity contribution is -0.00698. The molecule has 0 unspecified atom stereocenters. The van der Waals surface area contributed by atoms with Crippen LogP contribution < -0.4 is 0 Å². The Morgan fingerprint density at radius 1 is 1.37 bits per heavy atom.